The maximum atomic E-state index is 12.2. The van der Waals surface area contributed by atoms with Crippen molar-refractivity contribution >= 4 is 12.1 Å². The van der Waals surface area contributed by atoms with Crippen LogP contribution in [0.4, 0.5) is 0 Å². The highest BCUT2D eigenvalue weighted by Crippen LogP contribution is 2.15. The number of carbonyl (C=O) groups excluding carboxylic acids is 1. The molecule has 0 spiro atoms. The van der Waals surface area contributed by atoms with E-state index in [1.165, 1.54) is 0 Å². The zero-order valence-electron chi connectivity index (χ0n) is 17.2. The minimum absolute atomic E-state index is 0.294. The van der Waals surface area contributed by atoms with Gasteiger partial charge in [0.25, 0.3) is 5.91 Å². The molecule has 6 heteroatoms. The van der Waals surface area contributed by atoms with Crippen LogP contribution in [0.5, 0.6) is 11.5 Å². The van der Waals surface area contributed by atoms with Gasteiger partial charge in [0.1, 0.15) is 18.1 Å². The topological polar surface area (TPSA) is 83.7 Å². The molecule has 156 valence electrons. The maximum Gasteiger partial charge on any atom is 0.271 e. The minimum Gasteiger partial charge on any atom is -0.494 e. The predicted molar refractivity (Wildman–Crippen MR) is 119 cm³/mol. The van der Waals surface area contributed by atoms with Gasteiger partial charge in [0.15, 0.2) is 0 Å². The zero-order chi connectivity index (χ0) is 21.9. The minimum atomic E-state index is -0.294. The summed E-state index contributed by atoms with van der Waals surface area (Å²) in [4.78, 5) is 12.2. The number of nitrogens with one attached hydrogen (secondary N) is 1. The van der Waals surface area contributed by atoms with Crippen LogP contribution in [0.25, 0.3) is 0 Å². The Bertz CT molecular complexity index is 1070. The number of hydrogen-bond acceptors (Lipinski definition) is 5. The van der Waals surface area contributed by atoms with Gasteiger partial charge in [-0.3, -0.25) is 4.79 Å². The molecule has 3 rings (SSSR count). The number of nitriles is 1. The van der Waals surface area contributed by atoms with E-state index in [-0.39, 0.29) is 5.91 Å². The highest BCUT2D eigenvalue weighted by molar-refractivity contribution is 5.95. The van der Waals surface area contributed by atoms with Gasteiger partial charge >= 0.3 is 0 Å². The zero-order valence-corrected chi connectivity index (χ0v) is 17.2. The van der Waals surface area contributed by atoms with E-state index in [1.807, 2.05) is 43.3 Å². The fourth-order valence-electron chi connectivity index (χ4n) is 2.70. The van der Waals surface area contributed by atoms with Crippen LogP contribution < -0.4 is 14.9 Å². The lowest BCUT2D eigenvalue weighted by Crippen LogP contribution is -2.17. The first-order chi connectivity index (χ1) is 15.2. The van der Waals surface area contributed by atoms with Crippen LogP contribution in [-0.2, 0) is 6.61 Å². The molecule has 0 unspecified atom stereocenters. The van der Waals surface area contributed by atoms with Crippen LogP contribution in [0.15, 0.2) is 77.9 Å². The van der Waals surface area contributed by atoms with Crippen molar-refractivity contribution in [1.82, 2.24) is 5.43 Å². The second-order valence-corrected chi connectivity index (χ2v) is 6.74. The number of hydrazone groups is 1. The van der Waals surface area contributed by atoms with E-state index in [1.54, 1.807) is 42.6 Å². The van der Waals surface area contributed by atoms with Crippen molar-refractivity contribution in [3.63, 3.8) is 0 Å². The number of benzene rings is 3. The molecule has 1 N–H and O–H groups in total. The number of nitrogens with zero attached hydrogens (tertiary/aromatic N) is 2. The molecule has 0 bridgehead atoms. The first kappa shape index (κ1) is 21.6. The van der Waals surface area contributed by atoms with E-state index in [2.05, 4.69) is 16.6 Å². The summed E-state index contributed by atoms with van der Waals surface area (Å²) < 4.78 is 11.3. The Morgan fingerprint density at radius 2 is 1.74 bits per heavy atom. The lowest BCUT2D eigenvalue weighted by molar-refractivity contribution is 0.0955. The van der Waals surface area contributed by atoms with Crippen LogP contribution in [0.1, 0.15) is 40.4 Å². The van der Waals surface area contributed by atoms with Gasteiger partial charge in [0.2, 0.25) is 0 Å². The van der Waals surface area contributed by atoms with Crippen molar-refractivity contribution in [1.29, 1.82) is 5.26 Å². The van der Waals surface area contributed by atoms with Crippen molar-refractivity contribution < 1.29 is 14.3 Å². The molecule has 31 heavy (non-hydrogen) atoms. The molecular weight excluding hydrogens is 390 g/mol. The highest BCUT2D eigenvalue weighted by atomic mass is 16.5. The number of ether oxygens (including phenoxy) is 2. The van der Waals surface area contributed by atoms with Gasteiger partial charge in [-0.25, -0.2) is 5.43 Å². The lowest BCUT2D eigenvalue weighted by Gasteiger charge is -2.07. The quantitative estimate of drug-likeness (QED) is 0.407. The third-order valence-electron chi connectivity index (χ3n) is 4.31. The Morgan fingerprint density at radius 3 is 2.45 bits per heavy atom. The Labute approximate surface area is 181 Å². The molecule has 0 radical (unpaired) electrons. The third kappa shape index (κ3) is 6.72. The summed E-state index contributed by atoms with van der Waals surface area (Å²) in [5.74, 6) is 1.15. The van der Waals surface area contributed by atoms with Crippen molar-refractivity contribution in [2.45, 2.75) is 20.0 Å². The van der Waals surface area contributed by atoms with Gasteiger partial charge < -0.3 is 9.47 Å². The lowest BCUT2D eigenvalue weighted by atomic mass is 10.1. The molecule has 0 fully saturated rings. The Balaban J connectivity index is 1.48. The van der Waals surface area contributed by atoms with Gasteiger partial charge in [-0.1, -0.05) is 19.1 Å². The van der Waals surface area contributed by atoms with Gasteiger partial charge in [-0.15, -0.1) is 0 Å². The van der Waals surface area contributed by atoms with Crippen LogP contribution in [0, 0.1) is 11.3 Å². The first-order valence-electron chi connectivity index (χ1n) is 9.96. The first-order valence-corrected chi connectivity index (χ1v) is 9.96. The molecule has 3 aromatic carbocycles. The summed E-state index contributed by atoms with van der Waals surface area (Å²) in [5, 5.41) is 13.0. The summed E-state index contributed by atoms with van der Waals surface area (Å²) in [7, 11) is 0. The molecule has 0 heterocycles. The number of amides is 1. The van der Waals surface area contributed by atoms with Crippen molar-refractivity contribution in [2.75, 3.05) is 6.61 Å². The van der Waals surface area contributed by atoms with Crippen molar-refractivity contribution in [3.05, 3.63) is 95.1 Å². The molecular formula is C25H23N3O3. The largest absolute Gasteiger partial charge is 0.494 e. The fourth-order valence-corrected chi connectivity index (χ4v) is 2.70. The van der Waals surface area contributed by atoms with Crippen LogP contribution in [0.3, 0.4) is 0 Å². The van der Waals surface area contributed by atoms with Crippen LogP contribution >= 0.6 is 0 Å². The summed E-state index contributed by atoms with van der Waals surface area (Å²) in [6.45, 7) is 3.06. The summed E-state index contributed by atoms with van der Waals surface area (Å²) >= 11 is 0. The normalized spacial score (nSPS) is 10.5. The molecule has 0 aliphatic carbocycles. The van der Waals surface area contributed by atoms with E-state index < -0.39 is 0 Å². The molecule has 0 aromatic heterocycles. The van der Waals surface area contributed by atoms with E-state index in [0.717, 1.165) is 23.3 Å². The van der Waals surface area contributed by atoms with Gasteiger partial charge in [-0.05, 0) is 78.2 Å². The summed E-state index contributed by atoms with van der Waals surface area (Å²) in [5.41, 5.74) is 5.38. The average molecular weight is 413 g/mol. The molecule has 3 aromatic rings. The molecule has 0 atom stereocenters. The molecule has 0 aliphatic rings. The third-order valence-corrected chi connectivity index (χ3v) is 4.31. The van der Waals surface area contributed by atoms with Gasteiger partial charge in [0.05, 0.1) is 24.5 Å². The van der Waals surface area contributed by atoms with E-state index in [0.29, 0.717) is 30.1 Å². The Morgan fingerprint density at radius 1 is 1.03 bits per heavy atom. The van der Waals surface area contributed by atoms with E-state index in [9.17, 15) is 4.79 Å². The van der Waals surface area contributed by atoms with E-state index in [4.69, 9.17) is 14.7 Å². The smallest absolute Gasteiger partial charge is 0.271 e. The number of carbonyl (C=O) groups is 1. The van der Waals surface area contributed by atoms with E-state index >= 15 is 0 Å². The second-order valence-electron chi connectivity index (χ2n) is 6.74. The number of hydrogen-bond donors (Lipinski definition) is 1. The van der Waals surface area contributed by atoms with Crippen molar-refractivity contribution in [2.24, 2.45) is 5.10 Å². The summed E-state index contributed by atoms with van der Waals surface area (Å²) in [6, 6.07) is 23.7. The summed E-state index contributed by atoms with van der Waals surface area (Å²) in [6.07, 6.45) is 2.50. The maximum absolute atomic E-state index is 12.2. The predicted octanol–water partition coefficient (Wildman–Crippen LogP) is 4.69. The van der Waals surface area contributed by atoms with Gasteiger partial charge in [0, 0.05) is 5.56 Å². The average Bonchev–Trinajstić information content (AvgIpc) is 2.82. The number of rotatable bonds is 9. The molecule has 0 saturated carbocycles. The SMILES string of the molecule is CCCOc1ccc(C(=O)N/N=C/c2ccc(OCc3cccc(C#N)c3)cc2)cc1. The monoisotopic (exact) mass is 413 g/mol. The Kier molecular flexibility index (Phi) is 7.78. The molecule has 6 nitrogen and oxygen atoms in total. The molecule has 1 amide bonds. The Hall–Kier alpha value is -4.11. The van der Waals surface area contributed by atoms with Crippen LogP contribution in [-0.4, -0.2) is 18.7 Å². The van der Waals surface area contributed by atoms with Crippen LogP contribution in [0.2, 0.25) is 0 Å². The highest BCUT2D eigenvalue weighted by Gasteiger charge is 2.04. The van der Waals surface area contributed by atoms with Crippen molar-refractivity contribution in [3.8, 4) is 17.6 Å². The molecule has 0 saturated heterocycles. The second kappa shape index (κ2) is 11.2. The van der Waals surface area contributed by atoms with Gasteiger partial charge in [-0.2, -0.15) is 10.4 Å². The molecule has 0 aliphatic heterocycles. The standard InChI is InChI=1S/C25H23N3O3/c1-2-14-30-23-12-8-22(9-13-23)25(29)28-27-17-19-6-10-24(11-7-19)31-18-21-5-3-4-20(15-21)16-26/h3-13,15,17H,2,14,18H2,1H3,(H,28,29)/b27-17+. The fraction of sp³-hybridized carbons (Fsp3) is 0.160.